The minimum Gasteiger partial charge on any atom is -0.350 e. The molecule has 30 heavy (non-hydrogen) atoms. The lowest BCUT2D eigenvalue weighted by Gasteiger charge is -2.28. The molecule has 2 aromatic rings. The van der Waals surface area contributed by atoms with Crippen LogP contribution < -0.4 is 10.6 Å². The average Bonchev–Trinajstić information content (AvgIpc) is 3.36. The van der Waals surface area contributed by atoms with Gasteiger partial charge in [-0.25, -0.2) is 5.01 Å². The maximum absolute atomic E-state index is 13.2. The summed E-state index contributed by atoms with van der Waals surface area (Å²) in [5.41, 5.74) is 2.29. The molecule has 1 aromatic carbocycles. The van der Waals surface area contributed by atoms with E-state index in [2.05, 4.69) is 15.7 Å². The van der Waals surface area contributed by atoms with Gasteiger partial charge in [-0.3, -0.25) is 24.1 Å². The summed E-state index contributed by atoms with van der Waals surface area (Å²) in [6.07, 6.45) is 2.47. The van der Waals surface area contributed by atoms with E-state index >= 15 is 0 Å². The van der Waals surface area contributed by atoms with Crippen LogP contribution >= 0.6 is 0 Å². The minimum atomic E-state index is -0.730. The Morgan fingerprint density at radius 3 is 2.80 bits per heavy atom. The van der Waals surface area contributed by atoms with Crippen LogP contribution in [0.15, 0.2) is 36.5 Å². The van der Waals surface area contributed by atoms with Gasteiger partial charge in [0.1, 0.15) is 11.7 Å². The molecule has 3 heterocycles. The third-order valence-electron chi connectivity index (χ3n) is 5.70. The molecule has 0 spiro atoms. The lowest BCUT2D eigenvalue weighted by molar-refractivity contribution is -0.148. The fourth-order valence-electron chi connectivity index (χ4n) is 3.97. The molecule has 158 valence electrons. The zero-order valence-electron chi connectivity index (χ0n) is 17.2. The number of aromatic nitrogens is 2. The van der Waals surface area contributed by atoms with E-state index in [1.54, 1.807) is 31.2 Å². The van der Waals surface area contributed by atoms with Crippen LogP contribution in [0, 0.1) is 5.92 Å². The summed E-state index contributed by atoms with van der Waals surface area (Å²) in [4.78, 5) is 38.3. The molecule has 2 atom stereocenters. The van der Waals surface area contributed by atoms with Gasteiger partial charge in [0.2, 0.25) is 5.91 Å². The molecule has 2 aliphatic heterocycles. The van der Waals surface area contributed by atoms with Crippen LogP contribution in [-0.2, 0) is 23.2 Å². The van der Waals surface area contributed by atoms with Gasteiger partial charge >= 0.3 is 0 Å². The van der Waals surface area contributed by atoms with Crippen molar-refractivity contribution in [1.29, 1.82) is 0 Å². The van der Waals surface area contributed by atoms with E-state index in [4.69, 9.17) is 0 Å². The molecule has 0 bridgehead atoms. The second kappa shape index (κ2) is 8.27. The first kappa shape index (κ1) is 20.1. The highest BCUT2D eigenvalue weighted by Gasteiger charge is 2.38. The number of hydrogen-bond donors (Lipinski definition) is 2. The van der Waals surface area contributed by atoms with Gasteiger partial charge in [0.15, 0.2) is 0 Å². The van der Waals surface area contributed by atoms with E-state index in [1.807, 2.05) is 29.3 Å². The van der Waals surface area contributed by atoms with Crippen molar-refractivity contribution in [3.05, 3.63) is 53.3 Å². The van der Waals surface area contributed by atoms with Crippen molar-refractivity contribution in [2.75, 3.05) is 19.6 Å². The zero-order chi connectivity index (χ0) is 21.3. The molecule has 0 aliphatic carbocycles. The van der Waals surface area contributed by atoms with Crippen molar-refractivity contribution in [2.45, 2.75) is 25.9 Å². The Balaban J connectivity index is 1.45. The number of hydrogen-bond acceptors (Lipinski definition) is 5. The maximum atomic E-state index is 13.2. The Labute approximate surface area is 175 Å². The number of benzene rings is 1. The van der Waals surface area contributed by atoms with Crippen molar-refractivity contribution >= 4 is 17.7 Å². The third-order valence-corrected chi connectivity index (χ3v) is 5.70. The van der Waals surface area contributed by atoms with Crippen molar-refractivity contribution < 1.29 is 14.4 Å². The summed E-state index contributed by atoms with van der Waals surface area (Å²) in [5.74, 6) is -1.18. The highest BCUT2D eigenvalue weighted by molar-refractivity contribution is 5.93. The topological polar surface area (TPSA) is 99.6 Å². The van der Waals surface area contributed by atoms with E-state index in [0.717, 1.165) is 24.1 Å². The third kappa shape index (κ3) is 3.80. The van der Waals surface area contributed by atoms with Crippen molar-refractivity contribution in [3.63, 3.8) is 0 Å². The van der Waals surface area contributed by atoms with Crippen LogP contribution in [-0.4, -0.2) is 57.2 Å². The predicted octanol–water partition coefficient (Wildman–Crippen LogP) is 0.606. The first-order valence-corrected chi connectivity index (χ1v) is 10.2. The Morgan fingerprint density at radius 2 is 2.03 bits per heavy atom. The molecule has 2 aliphatic rings. The molecule has 1 aromatic heterocycles. The van der Waals surface area contributed by atoms with Gasteiger partial charge in [0, 0.05) is 39.4 Å². The number of nitrogens with zero attached hydrogens (tertiary/aromatic N) is 4. The highest BCUT2D eigenvalue weighted by atomic mass is 16.2. The standard InChI is InChI=1S/C21H26N6O3/c1-14(12-22-20(29)17-8-9-23-25(17)2)19(28)24-18-16-7-4-3-6-15(16)13-26-10-5-11-27(26)21(18)30/h3-4,6-9,14,18H,5,10-13H2,1-2H3,(H,22,29)(H,24,28)/t14?,18-/m0/s1. The Hall–Kier alpha value is -3.20. The number of rotatable bonds is 5. The van der Waals surface area contributed by atoms with E-state index in [9.17, 15) is 14.4 Å². The lowest BCUT2D eigenvalue weighted by Crippen LogP contribution is -2.47. The summed E-state index contributed by atoms with van der Waals surface area (Å²) in [6.45, 7) is 4.04. The zero-order valence-corrected chi connectivity index (χ0v) is 17.2. The fourth-order valence-corrected chi connectivity index (χ4v) is 3.97. The summed E-state index contributed by atoms with van der Waals surface area (Å²) in [5, 5.41) is 13.4. The largest absolute Gasteiger partial charge is 0.350 e. The minimum absolute atomic E-state index is 0.114. The number of amides is 3. The SMILES string of the molecule is CC(CNC(=O)c1ccnn1C)C(=O)N[C@@H]1C(=O)N2CCCN2Cc2ccccc21. The molecule has 9 heteroatoms. The molecular weight excluding hydrogens is 384 g/mol. The Morgan fingerprint density at radius 1 is 1.23 bits per heavy atom. The monoisotopic (exact) mass is 410 g/mol. The van der Waals surface area contributed by atoms with Crippen LogP contribution in [0.2, 0.25) is 0 Å². The molecule has 1 unspecified atom stereocenters. The van der Waals surface area contributed by atoms with Gasteiger partial charge in [-0.2, -0.15) is 5.10 Å². The van der Waals surface area contributed by atoms with Gasteiger partial charge in [-0.1, -0.05) is 31.2 Å². The van der Waals surface area contributed by atoms with Crippen LogP contribution in [0.1, 0.15) is 41.0 Å². The maximum Gasteiger partial charge on any atom is 0.269 e. The Kier molecular flexibility index (Phi) is 5.54. The van der Waals surface area contributed by atoms with Gasteiger partial charge < -0.3 is 10.6 Å². The van der Waals surface area contributed by atoms with Crippen molar-refractivity contribution in [3.8, 4) is 0 Å². The predicted molar refractivity (Wildman–Crippen MR) is 109 cm³/mol. The number of nitrogens with one attached hydrogen (secondary N) is 2. The first-order valence-electron chi connectivity index (χ1n) is 10.2. The lowest BCUT2D eigenvalue weighted by atomic mass is 9.99. The first-order chi connectivity index (χ1) is 14.5. The number of hydrazine groups is 1. The van der Waals surface area contributed by atoms with Crippen LogP contribution in [0.5, 0.6) is 0 Å². The quantitative estimate of drug-likeness (QED) is 0.752. The normalized spacial score (nSPS) is 19.6. The van der Waals surface area contributed by atoms with Crippen LogP contribution in [0.25, 0.3) is 0 Å². The number of carbonyl (C=O) groups is 3. The van der Waals surface area contributed by atoms with E-state index < -0.39 is 12.0 Å². The second-order valence-electron chi connectivity index (χ2n) is 7.79. The van der Waals surface area contributed by atoms with Crippen LogP contribution in [0.3, 0.4) is 0 Å². The fraction of sp³-hybridized carbons (Fsp3) is 0.429. The molecule has 1 fully saturated rings. The van der Waals surface area contributed by atoms with Gasteiger partial charge in [0.25, 0.3) is 11.8 Å². The highest BCUT2D eigenvalue weighted by Crippen LogP contribution is 2.29. The molecular formula is C21H26N6O3. The number of fused-ring (bicyclic) bond motifs is 2. The smallest absolute Gasteiger partial charge is 0.269 e. The summed E-state index contributed by atoms with van der Waals surface area (Å²) in [7, 11) is 1.68. The molecule has 0 radical (unpaired) electrons. The second-order valence-corrected chi connectivity index (χ2v) is 7.79. The van der Waals surface area contributed by atoms with Crippen molar-refractivity contribution in [2.24, 2.45) is 13.0 Å². The molecule has 4 rings (SSSR count). The average molecular weight is 410 g/mol. The van der Waals surface area contributed by atoms with E-state index in [0.29, 0.717) is 18.8 Å². The molecule has 9 nitrogen and oxygen atoms in total. The molecule has 1 saturated heterocycles. The molecule has 2 N–H and O–H groups in total. The van der Waals surface area contributed by atoms with Gasteiger partial charge in [-0.15, -0.1) is 0 Å². The number of aryl methyl sites for hydroxylation is 1. The summed E-state index contributed by atoms with van der Waals surface area (Å²) < 4.78 is 1.48. The van der Waals surface area contributed by atoms with E-state index in [-0.39, 0.29) is 24.3 Å². The summed E-state index contributed by atoms with van der Waals surface area (Å²) >= 11 is 0. The van der Waals surface area contributed by atoms with Gasteiger partial charge in [-0.05, 0) is 23.6 Å². The Bertz CT molecular complexity index is 971. The van der Waals surface area contributed by atoms with E-state index in [1.165, 1.54) is 4.68 Å². The molecule has 3 amide bonds. The number of carbonyl (C=O) groups excluding carboxylic acids is 3. The summed E-state index contributed by atoms with van der Waals surface area (Å²) in [6, 6.07) is 8.62. The van der Waals surface area contributed by atoms with Gasteiger partial charge in [0.05, 0.1) is 5.92 Å². The molecule has 0 saturated carbocycles. The van der Waals surface area contributed by atoms with Crippen molar-refractivity contribution in [1.82, 2.24) is 30.4 Å². The van der Waals surface area contributed by atoms with Crippen LogP contribution in [0.4, 0.5) is 0 Å².